The van der Waals surface area contributed by atoms with Crippen molar-refractivity contribution in [3.05, 3.63) is 327 Å². The molecule has 99 heavy (non-hydrogen) atoms. The largest absolute Gasteiger partial charge is 0.456 e. The maximum absolute atomic E-state index is 9.73. The van der Waals surface area contributed by atoms with Gasteiger partial charge in [0.1, 0.15) is 11.2 Å². The molecule has 0 aliphatic rings. The van der Waals surface area contributed by atoms with E-state index in [2.05, 4.69) is 52.3 Å². The molecule has 0 radical (unpaired) electrons. The highest BCUT2D eigenvalue weighted by atomic mass is 32.1. The molecular weight excluding hydrogens is 1250 g/mol. The normalized spacial score (nSPS) is 14.9. The quantitative estimate of drug-likeness (QED) is 0.151. The average Bonchev–Trinajstić information content (AvgIpc) is 1.57. The molecule has 0 atom stereocenters. The zero-order valence-electron chi connectivity index (χ0n) is 73.4. The predicted molar refractivity (Wildman–Crippen MR) is 418 cm³/mol. The van der Waals surface area contributed by atoms with Crippen LogP contribution in [0.5, 0.6) is 0 Å². The van der Waals surface area contributed by atoms with Crippen LogP contribution in [0.2, 0.25) is 0 Å². The Morgan fingerprint density at radius 2 is 0.919 bits per heavy atom. The number of aromatic nitrogens is 5. The minimum atomic E-state index is -0.619. The molecule has 0 amide bonds. The van der Waals surface area contributed by atoms with Crippen LogP contribution in [0.1, 0.15) is 30.2 Å². The number of rotatable bonds is 8. The second kappa shape index (κ2) is 23.0. The summed E-state index contributed by atoms with van der Waals surface area (Å²) in [4.78, 5) is 21.7. The number of benzene rings is 15. The number of nitrogens with zero attached hydrogens (tertiary/aromatic N) is 6. The van der Waals surface area contributed by atoms with Gasteiger partial charge in [-0.25, -0.2) is 19.9 Å². The lowest BCUT2D eigenvalue weighted by molar-refractivity contribution is 0.669. The molecule has 7 nitrogen and oxygen atoms in total. The van der Waals surface area contributed by atoms with Crippen molar-refractivity contribution < 1.29 is 34.6 Å². The zero-order valence-corrected chi connectivity index (χ0v) is 53.0. The van der Waals surface area contributed by atoms with Crippen molar-refractivity contribution in [1.29, 1.82) is 0 Å². The number of hydrogen-bond donors (Lipinski definition) is 0. The molecule has 462 valence electrons. The van der Waals surface area contributed by atoms with E-state index in [0.717, 1.165) is 71.4 Å². The smallest absolute Gasteiger partial charge is 0.235 e. The van der Waals surface area contributed by atoms with Crippen LogP contribution in [0, 0.1) is 0 Å². The highest BCUT2D eigenvalue weighted by molar-refractivity contribution is 7.27. The van der Waals surface area contributed by atoms with E-state index in [1.54, 1.807) is 23.5 Å². The molecule has 0 unspecified atom stereocenters. The van der Waals surface area contributed by atoms with Gasteiger partial charge in [-0.2, -0.15) is 0 Å². The third-order valence-electron chi connectivity index (χ3n) is 17.7. The highest BCUT2D eigenvalue weighted by Gasteiger charge is 2.23. The summed E-state index contributed by atoms with van der Waals surface area (Å²) < 4.78 is 206. The van der Waals surface area contributed by atoms with Gasteiger partial charge < -0.3 is 9.32 Å². The standard InChI is InChI=1S/C48H31N3O.C42H23N3S2/c1-3-11-32(12-4-1)33-19-24-39(25-20-33)51(38-15-5-2-6-16-38)40-26-21-34(22-27-40)48-49-44-18-10-9-17-42(44)47(50-48)37-23-28-41-43-29-35-13-7-8-14-36(35)30-46(43)52-45(41)31-37;1-2-10-25-23-38-32(21-24(25)9-1)31-22-26(17-20-37(31)46-38)40-29-12-3-6-14-33(29)43-42(44-40)45-34-15-7-4-13-30(34)39-35(45)19-18-28-27-11-5-8-16-36(27)47-41(28)39/h1-31H;1-23H/i7D,8D,9D,10D,13D,14D,17D,18D,23D,28D,29D,30D,31D;1D,2D,9D,10D,17D,20D,21D,22D,23D. The number of para-hydroxylation sites is 4. The van der Waals surface area contributed by atoms with Crippen LogP contribution in [0.15, 0.2) is 331 Å². The van der Waals surface area contributed by atoms with Gasteiger partial charge in [-0.15, -0.1) is 22.7 Å². The first-order valence-electron chi connectivity index (χ1n) is 42.5. The molecule has 0 aliphatic carbocycles. The van der Waals surface area contributed by atoms with Crippen molar-refractivity contribution in [2.75, 3.05) is 4.90 Å². The highest BCUT2D eigenvalue weighted by Crippen LogP contribution is 2.46. The molecule has 15 aromatic carbocycles. The molecule has 0 spiro atoms. The van der Waals surface area contributed by atoms with Crippen molar-refractivity contribution in [2.24, 2.45) is 0 Å². The fourth-order valence-electron chi connectivity index (χ4n) is 13.1. The number of anilines is 3. The predicted octanol–water partition coefficient (Wildman–Crippen LogP) is 25.4. The van der Waals surface area contributed by atoms with E-state index in [1.807, 2.05) is 144 Å². The van der Waals surface area contributed by atoms with Crippen molar-refractivity contribution in [3.8, 4) is 51.0 Å². The maximum atomic E-state index is 9.73. The van der Waals surface area contributed by atoms with Gasteiger partial charge in [-0.3, -0.25) is 4.57 Å². The van der Waals surface area contributed by atoms with Crippen molar-refractivity contribution in [1.82, 2.24) is 24.5 Å². The van der Waals surface area contributed by atoms with Crippen molar-refractivity contribution in [2.45, 2.75) is 0 Å². The minimum absolute atomic E-state index is 0.00549. The van der Waals surface area contributed by atoms with Crippen LogP contribution < -0.4 is 4.90 Å². The van der Waals surface area contributed by atoms with Gasteiger partial charge in [0.2, 0.25) is 5.95 Å². The molecule has 0 fully saturated rings. The van der Waals surface area contributed by atoms with Crippen LogP contribution in [-0.4, -0.2) is 24.5 Å². The first-order chi connectivity index (χ1) is 58.2. The fourth-order valence-corrected chi connectivity index (χ4v) is 15.4. The molecule has 21 aromatic rings. The van der Waals surface area contributed by atoms with E-state index < -0.39 is 103 Å². The summed E-state index contributed by atoms with van der Waals surface area (Å²) in [6, 6.07) is 53.0. The lowest BCUT2D eigenvalue weighted by Crippen LogP contribution is -2.09. The van der Waals surface area contributed by atoms with Crippen molar-refractivity contribution in [3.63, 3.8) is 0 Å². The number of thiophene rings is 2. The van der Waals surface area contributed by atoms with Gasteiger partial charge in [0.05, 0.1) is 63.6 Å². The first-order valence-corrected chi connectivity index (χ1v) is 33.1. The topological polar surface area (TPSA) is 72.9 Å². The molecule has 6 aromatic heterocycles. The summed E-state index contributed by atoms with van der Waals surface area (Å²) in [6.07, 6.45) is 0. The van der Waals surface area contributed by atoms with E-state index in [0.29, 0.717) is 22.4 Å². The summed E-state index contributed by atoms with van der Waals surface area (Å²) in [6.45, 7) is 0. The summed E-state index contributed by atoms with van der Waals surface area (Å²) in [5.74, 6) is 0.316. The minimum Gasteiger partial charge on any atom is -0.456 e. The monoisotopic (exact) mass is 1320 g/mol. The summed E-state index contributed by atoms with van der Waals surface area (Å²) >= 11 is 2.72. The Bertz CT molecular complexity index is 8190. The van der Waals surface area contributed by atoms with Gasteiger partial charge in [0.15, 0.2) is 5.82 Å². The van der Waals surface area contributed by atoms with Crippen LogP contribution in [0.4, 0.5) is 17.1 Å². The summed E-state index contributed by atoms with van der Waals surface area (Å²) in [5, 5.41) is 3.94. The molecule has 0 bridgehead atoms. The van der Waals surface area contributed by atoms with Gasteiger partial charge in [-0.1, -0.05) is 200 Å². The molecule has 0 saturated carbocycles. The van der Waals surface area contributed by atoms with Crippen LogP contribution in [0.25, 0.3) is 178 Å². The Kier molecular flexibility index (Phi) is 9.02. The molecule has 21 rings (SSSR count). The number of hydrogen-bond acceptors (Lipinski definition) is 8. The van der Waals surface area contributed by atoms with Gasteiger partial charge >= 0.3 is 0 Å². The lowest BCUT2D eigenvalue weighted by atomic mass is 10.0. The van der Waals surface area contributed by atoms with Gasteiger partial charge in [-0.05, 0) is 160 Å². The zero-order chi connectivity index (χ0) is 84.2. The Hall–Kier alpha value is -12.7. The third-order valence-corrected chi connectivity index (χ3v) is 19.9. The summed E-state index contributed by atoms with van der Waals surface area (Å²) in [7, 11) is 0. The lowest BCUT2D eigenvalue weighted by Gasteiger charge is -2.26. The third kappa shape index (κ3) is 9.61. The molecule has 0 saturated heterocycles. The Morgan fingerprint density at radius 3 is 1.72 bits per heavy atom. The molecular formula is C90H54N6OS2. The molecule has 0 N–H and O–H groups in total. The van der Waals surface area contributed by atoms with Gasteiger partial charge in [0.25, 0.3) is 0 Å². The molecule has 0 aliphatic heterocycles. The average molecular weight is 1320 g/mol. The fraction of sp³-hybridized carbons (Fsp3) is 0. The van der Waals surface area contributed by atoms with E-state index in [9.17, 15) is 9.60 Å². The van der Waals surface area contributed by atoms with E-state index in [1.165, 1.54) is 10.1 Å². The molecule has 9 heteroatoms. The van der Waals surface area contributed by atoms with Crippen LogP contribution >= 0.6 is 22.7 Å². The second-order valence-corrected chi connectivity index (χ2v) is 25.5. The van der Waals surface area contributed by atoms with E-state index >= 15 is 0 Å². The van der Waals surface area contributed by atoms with Crippen molar-refractivity contribution >= 4 is 167 Å². The second-order valence-electron chi connectivity index (χ2n) is 23.4. The first kappa shape index (κ1) is 38.8. The number of furan rings is 1. The van der Waals surface area contributed by atoms with Crippen LogP contribution in [-0.2, 0) is 0 Å². The molecule has 6 heterocycles. The number of fused-ring (bicyclic) bond motifs is 17. The van der Waals surface area contributed by atoms with E-state index in [4.69, 9.17) is 39.9 Å². The summed E-state index contributed by atoms with van der Waals surface area (Å²) in [5.41, 5.74) is 6.31. The Labute approximate surface area is 606 Å². The van der Waals surface area contributed by atoms with Gasteiger partial charge in [0, 0.05) is 106 Å². The Balaban J connectivity index is 0.000000156. The Morgan fingerprint density at radius 1 is 0.323 bits per heavy atom. The van der Waals surface area contributed by atoms with E-state index in [-0.39, 0.29) is 133 Å². The maximum Gasteiger partial charge on any atom is 0.235 e. The SMILES string of the molecule is [2H]c1c(-c2nc(-n3c4ccccc4c4c5sc6ccccc6c5ccc43)nc3ccccc23)c([2H])c2c(sc3c([2H])c4c([2H])c([2H])c([2H])c([2H])c4c([2H])c32)c1[2H].[2H]c1c([2H])c([2H])c2c(-c3c([2H])c([2H])c4c(oc5c([2H])c6c([2H])c([2H])c([2H])c([2H])c6c([2H])c54)c3[2H])nc(-c3ccc(N(c4ccccc4)c4ccc(-c5ccccc5)cc4)cc3)nc2c1[2H]. The van der Waals surface area contributed by atoms with Crippen LogP contribution in [0.3, 0.4) is 0 Å².